The molecule has 2 aromatic carbocycles. The van der Waals surface area contributed by atoms with Crippen molar-refractivity contribution in [3.63, 3.8) is 0 Å². The van der Waals surface area contributed by atoms with Crippen LogP contribution in [0.3, 0.4) is 0 Å². The number of benzene rings is 2. The normalized spacial score (nSPS) is 20.4. The molecule has 0 radical (unpaired) electrons. The van der Waals surface area contributed by atoms with Crippen LogP contribution in [0.2, 0.25) is 0 Å². The lowest BCUT2D eigenvalue weighted by Gasteiger charge is -2.33. The number of fused-ring (bicyclic) bond motifs is 1. The van der Waals surface area contributed by atoms with E-state index >= 15 is 0 Å². The predicted octanol–water partition coefficient (Wildman–Crippen LogP) is 3.35. The van der Waals surface area contributed by atoms with E-state index in [0.717, 1.165) is 37.9 Å². The highest BCUT2D eigenvalue weighted by Gasteiger charge is 2.39. The molecule has 1 aliphatic carbocycles. The van der Waals surface area contributed by atoms with Crippen LogP contribution in [0.5, 0.6) is 5.75 Å². The first-order valence-corrected chi connectivity index (χ1v) is 11.7. The van der Waals surface area contributed by atoms with Crippen LogP contribution in [0.15, 0.2) is 47.5 Å². The topological polar surface area (TPSA) is 85.2 Å². The van der Waals surface area contributed by atoms with Crippen LogP contribution in [0.1, 0.15) is 49.0 Å². The van der Waals surface area contributed by atoms with Gasteiger partial charge in [-0.25, -0.2) is 4.98 Å². The Morgan fingerprint density at radius 1 is 1.24 bits per heavy atom. The highest BCUT2D eigenvalue weighted by molar-refractivity contribution is 5.95. The molecule has 7 heteroatoms. The van der Waals surface area contributed by atoms with Crippen molar-refractivity contribution in [3.8, 4) is 11.4 Å². The summed E-state index contributed by atoms with van der Waals surface area (Å²) in [5.74, 6) is 0.896. The van der Waals surface area contributed by atoms with Crippen LogP contribution in [-0.2, 0) is 0 Å². The van der Waals surface area contributed by atoms with Gasteiger partial charge in [0.15, 0.2) is 0 Å². The van der Waals surface area contributed by atoms with Crippen molar-refractivity contribution in [2.75, 3.05) is 13.1 Å². The minimum atomic E-state index is -0.283. The van der Waals surface area contributed by atoms with Gasteiger partial charge in [-0.1, -0.05) is 19.9 Å². The minimum absolute atomic E-state index is 0.111. The maximum atomic E-state index is 13.5. The molecule has 1 saturated heterocycles. The molecule has 33 heavy (non-hydrogen) atoms. The van der Waals surface area contributed by atoms with Gasteiger partial charge in [0.2, 0.25) is 0 Å². The third kappa shape index (κ3) is 4.13. The van der Waals surface area contributed by atoms with Crippen molar-refractivity contribution in [3.05, 3.63) is 64.2 Å². The molecule has 2 fully saturated rings. The first kappa shape index (κ1) is 21.6. The van der Waals surface area contributed by atoms with Crippen LogP contribution >= 0.6 is 0 Å². The average molecular weight is 447 g/mol. The number of rotatable bonds is 6. The number of aromatic nitrogens is 2. The second-order valence-electron chi connectivity index (χ2n) is 9.60. The second kappa shape index (κ2) is 8.30. The summed E-state index contributed by atoms with van der Waals surface area (Å²) in [6, 6.07) is 11.2. The van der Waals surface area contributed by atoms with E-state index in [9.17, 15) is 9.59 Å². The predicted molar refractivity (Wildman–Crippen MR) is 128 cm³/mol. The highest BCUT2D eigenvalue weighted by Crippen LogP contribution is 2.32. The Morgan fingerprint density at radius 2 is 2.06 bits per heavy atom. The van der Waals surface area contributed by atoms with E-state index in [2.05, 4.69) is 29.5 Å². The average Bonchev–Trinajstić information content (AvgIpc) is 3.48. The summed E-state index contributed by atoms with van der Waals surface area (Å²) in [6.07, 6.45) is 4.51. The van der Waals surface area contributed by atoms with Gasteiger partial charge in [-0.3, -0.25) is 14.2 Å². The van der Waals surface area contributed by atoms with Gasteiger partial charge in [-0.05, 0) is 68.1 Å². The third-order valence-electron chi connectivity index (χ3n) is 6.90. The van der Waals surface area contributed by atoms with E-state index in [1.807, 2.05) is 25.1 Å². The smallest absolute Gasteiger partial charge is 0.265 e. The molecular formula is C26H30N4O3. The molecule has 0 spiro atoms. The molecule has 1 aliphatic heterocycles. The molecule has 1 atom stereocenters. The number of amides is 1. The number of aryl methyl sites for hydroxylation is 1. The number of hydrogen-bond acceptors (Lipinski definition) is 5. The van der Waals surface area contributed by atoms with Gasteiger partial charge in [0.1, 0.15) is 17.7 Å². The zero-order valence-corrected chi connectivity index (χ0v) is 19.4. The number of carbonyl (C=O) groups excluding carboxylic acids is 1. The lowest BCUT2D eigenvalue weighted by atomic mass is 9.89. The van der Waals surface area contributed by atoms with Gasteiger partial charge in [0.05, 0.1) is 16.6 Å². The number of ether oxygens (including phenoxy) is 1. The molecule has 2 N–H and O–H groups in total. The van der Waals surface area contributed by atoms with E-state index < -0.39 is 0 Å². The van der Waals surface area contributed by atoms with E-state index in [4.69, 9.17) is 4.74 Å². The van der Waals surface area contributed by atoms with Gasteiger partial charge < -0.3 is 15.4 Å². The van der Waals surface area contributed by atoms with E-state index in [0.29, 0.717) is 33.8 Å². The van der Waals surface area contributed by atoms with Crippen LogP contribution in [0.4, 0.5) is 0 Å². The first-order chi connectivity index (χ1) is 15.9. The van der Waals surface area contributed by atoms with Gasteiger partial charge in [0, 0.05) is 24.6 Å². The Labute approximate surface area is 193 Å². The summed E-state index contributed by atoms with van der Waals surface area (Å²) in [6.45, 7) is 7.96. The molecule has 2 aliphatic rings. The Balaban J connectivity index is 1.53. The van der Waals surface area contributed by atoms with Crippen molar-refractivity contribution >= 4 is 16.8 Å². The Hall–Kier alpha value is -3.19. The molecule has 1 amide bonds. The fraction of sp³-hybridized carbons (Fsp3) is 0.423. The fourth-order valence-corrected chi connectivity index (χ4v) is 4.46. The summed E-state index contributed by atoms with van der Waals surface area (Å²) in [7, 11) is 0. The molecule has 5 rings (SSSR count). The monoisotopic (exact) mass is 446 g/mol. The Morgan fingerprint density at radius 3 is 2.76 bits per heavy atom. The number of nitrogens with one attached hydrogen (secondary N) is 2. The fourth-order valence-electron chi connectivity index (χ4n) is 4.46. The SMILES string of the molecule is Cc1ccc(C(=O)NC2CC2)cc1-n1cnc2ccc(O[C@@]3(C(C)C)CCNC3)cc2c1=O. The van der Waals surface area contributed by atoms with Gasteiger partial charge in [-0.2, -0.15) is 0 Å². The first-order valence-electron chi connectivity index (χ1n) is 11.7. The number of nitrogens with zero attached hydrogens (tertiary/aromatic N) is 2. The van der Waals surface area contributed by atoms with E-state index in [1.54, 1.807) is 18.2 Å². The zero-order valence-electron chi connectivity index (χ0n) is 19.4. The number of carbonyl (C=O) groups is 1. The van der Waals surface area contributed by atoms with Crippen molar-refractivity contribution in [1.29, 1.82) is 0 Å². The molecule has 0 bridgehead atoms. The molecule has 7 nitrogen and oxygen atoms in total. The largest absolute Gasteiger partial charge is 0.486 e. The Kier molecular flexibility index (Phi) is 5.44. The summed E-state index contributed by atoms with van der Waals surface area (Å²) < 4.78 is 7.98. The molecule has 1 aromatic heterocycles. The van der Waals surface area contributed by atoms with E-state index in [-0.39, 0.29) is 23.1 Å². The van der Waals surface area contributed by atoms with Crippen LogP contribution in [0.25, 0.3) is 16.6 Å². The van der Waals surface area contributed by atoms with Crippen LogP contribution in [0, 0.1) is 12.8 Å². The molecule has 3 aromatic rings. The standard InChI is InChI=1S/C26H30N4O3/c1-16(2)26(10-11-27-14-26)33-20-8-9-22-21(13-20)25(32)30(15-28-22)23-12-18(5-4-17(23)3)24(31)29-19-6-7-19/h4-5,8-9,12-13,15-16,19,27H,6-7,10-11,14H2,1-3H3,(H,29,31)/t26-/m0/s1. The third-order valence-corrected chi connectivity index (χ3v) is 6.90. The van der Waals surface area contributed by atoms with Gasteiger partial charge in [-0.15, -0.1) is 0 Å². The van der Waals surface area contributed by atoms with Gasteiger partial charge in [0.25, 0.3) is 11.5 Å². The molecule has 0 unspecified atom stereocenters. The second-order valence-corrected chi connectivity index (χ2v) is 9.60. The van der Waals surface area contributed by atoms with Gasteiger partial charge >= 0.3 is 0 Å². The maximum absolute atomic E-state index is 13.5. The summed E-state index contributed by atoms with van der Waals surface area (Å²) in [5.41, 5.74) is 2.24. The summed E-state index contributed by atoms with van der Waals surface area (Å²) in [5, 5.41) is 6.89. The van der Waals surface area contributed by atoms with E-state index in [1.165, 1.54) is 10.9 Å². The van der Waals surface area contributed by atoms with Crippen molar-refractivity contribution in [1.82, 2.24) is 20.2 Å². The molecule has 172 valence electrons. The van der Waals surface area contributed by atoms with Crippen molar-refractivity contribution < 1.29 is 9.53 Å². The number of hydrogen-bond donors (Lipinski definition) is 2. The summed E-state index contributed by atoms with van der Waals surface area (Å²) in [4.78, 5) is 30.6. The minimum Gasteiger partial charge on any atom is -0.486 e. The molecular weight excluding hydrogens is 416 g/mol. The zero-order chi connectivity index (χ0) is 23.2. The highest BCUT2D eigenvalue weighted by atomic mass is 16.5. The lowest BCUT2D eigenvalue weighted by molar-refractivity contribution is 0.0421. The molecule has 1 saturated carbocycles. The quantitative estimate of drug-likeness (QED) is 0.607. The maximum Gasteiger partial charge on any atom is 0.265 e. The van der Waals surface area contributed by atoms with Crippen molar-refractivity contribution in [2.24, 2.45) is 5.92 Å². The lowest BCUT2D eigenvalue weighted by Crippen LogP contribution is -2.43. The summed E-state index contributed by atoms with van der Waals surface area (Å²) >= 11 is 0. The van der Waals surface area contributed by atoms with Crippen molar-refractivity contribution in [2.45, 2.75) is 51.7 Å². The Bertz CT molecular complexity index is 1270. The van der Waals surface area contributed by atoms with Crippen LogP contribution < -0.4 is 20.9 Å². The van der Waals surface area contributed by atoms with Crippen LogP contribution in [-0.4, -0.2) is 40.2 Å². The molecule has 2 heterocycles.